The number of carboxylic acids is 1. The number of benzene rings is 2. The number of likely N-dealkylation sites (tertiary alicyclic amines) is 1. The number of urea groups is 1. The minimum atomic E-state index is -4.78. The third kappa shape index (κ3) is 6.00. The molecule has 2 aliphatic heterocycles. The zero-order chi connectivity index (χ0) is 28.7. The normalized spacial score (nSPS) is 17.8. The van der Waals surface area contributed by atoms with Gasteiger partial charge in [-0.05, 0) is 67.6 Å². The van der Waals surface area contributed by atoms with Crippen LogP contribution in [0.25, 0.3) is 0 Å². The maximum absolute atomic E-state index is 13.4. The van der Waals surface area contributed by atoms with Gasteiger partial charge in [0, 0.05) is 37.8 Å². The monoisotopic (exact) mass is 568 g/mol. The largest absolute Gasteiger partial charge is 0.508 e. The average Bonchev–Trinajstić information content (AvgIpc) is 2.85. The summed E-state index contributed by atoms with van der Waals surface area (Å²) >= 11 is 5.89. The molecule has 0 saturated carbocycles. The molecule has 0 spiro atoms. The van der Waals surface area contributed by atoms with Gasteiger partial charge in [-0.25, -0.2) is 4.79 Å². The second kappa shape index (κ2) is 10.5. The molecule has 39 heavy (non-hydrogen) atoms. The number of piperidine rings is 1. The molecule has 2 aliphatic rings. The number of nitrogens with two attached hydrogens (primary N) is 1. The fourth-order valence-electron chi connectivity index (χ4n) is 5.12. The first-order chi connectivity index (χ1) is 18.2. The number of nitrogens with zero attached hydrogens (tertiary/aromatic N) is 2. The predicted molar refractivity (Wildman–Crippen MR) is 137 cm³/mol. The number of amides is 3. The SMILES string of the molecule is C[C@@](CC(=O)N1CCC(N2Cc3cc(O)ccc3NC2=O)CC1)(Cc1cc(Cl)c(N)c(C(F)(F)F)c1)C(=O)O. The molecule has 3 amide bonds. The number of rotatable bonds is 6. The summed E-state index contributed by atoms with van der Waals surface area (Å²) in [5.74, 6) is -1.70. The van der Waals surface area contributed by atoms with Crippen molar-refractivity contribution in [3.63, 3.8) is 0 Å². The van der Waals surface area contributed by atoms with Crippen molar-refractivity contribution in [2.75, 3.05) is 24.1 Å². The Morgan fingerprint density at radius 3 is 2.46 bits per heavy atom. The van der Waals surface area contributed by atoms with Gasteiger partial charge in [0.2, 0.25) is 5.91 Å². The number of halogens is 4. The number of alkyl halides is 3. The van der Waals surface area contributed by atoms with E-state index >= 15 is 0 Å². The van der Waals surface area contributed by atoms with Crippen LogP contribution in [-0.2, 0) is 28.7 Å². The maximum Gasteiger partial charge on any atom is 0.418 e. The molecule has 2 heterocycles. The van der Waals surface area contributed by atoms with E-state index in [1.165, 1.54) is 24.0 Å². The van der Waals surface area contributed by atoms with Crippen LogP contribution in [0.1, 0.15) is 42.9 Å². The van der Waals surface area contributed by atoms with E-state index in [0.717, 1.165) is 11.6 Å². The predicted octanol–water partition coefficient (Wildman–Crippen LogP) is 4.71. The van der Waals surface area contributed by atoms with Gasteiger partial charge >= 0.3 is 18.2 Å². The van der Waals surface area contributed by atoms with Crippen LogP contribution in [0.4, 0.5) is 29.3 Å². The van der Waals surface area contributed by atoms with Gasteiger partial charge in [0.1, 0.15) is 5.75 Å². The molecule has 9 nitrogen and oxygen atoms in total. The van der Waals surface area contributed by atoms with Gasteiger partial charge in [0.25, 0.3) is 0 Å². The molecule has 1 fully saturated rings. The fourth-order valence-corrected chi connectivity index (χ4v) is 5.36. The van der Waals surface area contributed by atoms with Gasteiger partial charge in [-0.15, -0.1) is 0 Å². The number of aromatic hydroxyl groups is 1. The highest BCUT2D eigenvalue weighted by atomic mass is 35.5. The number of anilines is 2. The molecule has 0 unspecified atom stereocenters. The summed E-state index contributed by atoms with van der Waals surface area (Å²) in [6.07, 6.45) is -4.67. The number of fused-ring (bicyclic) bond motifs is 1. The van der Waals surface area contributed by atoms with Crippen molar-refractivity contribution in [2.24, 2.45) is 5.41 Å². The highest BCUT2D eigenvalue weighted by Crippen LogP contribution is 2.40. The Bertz CT molecular complexity index is 1310. The minimum Gasteiger partial charge on any atom is -0.508 e. The smallest absolute Gasteiger partial charge is 0.418 e. The number of hydrogen-bond donors (Lipinski definition) is 4. The van der Waals surface area contributed by atoms with Gasteiger partial charge in [0.05, 0.1) is 21.7 Å². The molecule has 5 N–H and O–H groups in total. The molecule has 4 rings (SSSR count). The van der Waals surface area contributed by atoms with Crippen molar-refractivity contribution >= 4 is 40.9 Å². The van der Waals surface area contributed by atoms with E-state index < -0.39 is 41.1 Å². The van der Waals surface area contributed by atoms with Crippen LogP contribution in [0.2, 0.25) is 5.02 Å². The fraction of sp³-hybridized carbons (Fsp3) is 0.423. The summed E-state index contributed by atoms with van der Waals surface area (Å²) in [4.78, 5) is 41.1. The summed E-state index contributed by atoms with van der Waals surface area (Å²) < 4.78 is 40.1. The Labute approximate surface area is 227 Å². The van der Waals surface area contributed by atoms with Crippen LogP contribution >= 0.6 is 11.6 Å². The third-order valence-corrected chi connectivity index (χ3v) is 7.65. The zero-order valence-corrected chi connectivity index (χ0v) is 21.8. The lowest BCUT2D eigenvalue weighted by molar-refractivity contribution is -0.153. The summed E-state index contributed by atoms with van der Waals surface area (Å²) in [7, 11) is 0. The van der Waals surface area contributed by atoms with Gasteiger partial charge in [-0.3, -0.25) is 9.59 Å². The summed E-state index contributed by atoms with van der Waals surface area (Å²) in [6, 6.07) is 6.19. The molecular formula is C26H28ClF3N4O5. The lowest BCUT2D eigenvalue weighted by Crippen LogP contribution is -2.51. The zero-order valence-electron chi connectivity index (χ0n) is 21.0. The number of phenols is 1. The van der Waals surface area contributed by atoms with Crippen molar-refractivity contribution in [2.45, 2.75) is 51.4 Å². The van der Waals surface area contributed by atoms with E-state index in [0.29, 0.717) is 25.1 Å². The van der Waals surface area contributed by atoms with Gasteiger partial charge < -0.3 is 31.1 Å². The van der Waals surface area contributed by atoms with Crippen LogP contribution in [0.5, 0.6) is 5.75 Å². The minimum absolute atomic E-state index is 0.000335. The lowest BCUT2D eigenvalue weighted by atomic mass is 9.79. The Morgan fingerprint density at radius 1 is 1.18 bits per heavy atom. The first-order valence-corrected chi connectivity index (χ1v) is 12.6. The maximum atomic E-state index is 13.4. The number of carboxylic acid groups (broad SMARTS) is 1. The molecule has 2 aromatic rings. The van der Waals surface area contributed by atoms with E-state index in [1.807, 2.05) is 0 Å². The number of carbonyl (C=O) groups excluding carboxylic acids is 2. The van der Waals surface area contributed by atoms with Crippen LogP contribution in [0, 0.1) is 5.41 Å². The van der Waals surface area contributed by atoms with Crippen molar-refractivity contribution in [1.29, 1.82) is 0 Å². The standard InChI is InChI=1S/C26H28ClF3N4O5/c1-25(23(37)38,11-14-8-18(26(28,29)30)22(31)19(27)9-14)12-21(36)33-6-4-16(5-7-33)34-13-15-10-17(35)2-3-20(15)32-24(34)39/h2-3,8-10,16,35H,4-7,11-13,31H2,1H3,(H,32,39)(H,37,38)/t25-/m0/s1. The van der Waals surface area contributed by atoms with Gasteiger partial charge in [0.15, 0.2) is 0 Å². The molecule has 0 bridgehead atoms. The summed E-state index contributed by atoms with van der Waals surface area (Å²) in [5, 5.41) is 22.1. The van der Waals surface area contributed by atoms with Crippen molar-refractivity contribution < 1.29 is 37.8 Å². The number of phenolic OH excluding ortho intramolecular Hbond substituents is 1. The van der Waals surface area contributed by atoms with Crippen molar-refractivity contribution in [3.05, 3.63) is 52.0 Å². The quantitative estimate of drug-likeness (QED) is 0.294. The number of hydrogen-bond acceptors (Lipinski definition) is 5. The highest BCUT2D eigenvalue weighted by molar-refractivity contribution is 6.33. The van der Waals surface area contributed by atoms with Crippen LogP contribution in [-0.4, -0.2) is 57.1 Å². The topological polar surface area (TPSA) is 136 Å². The summed E-state index contributed by atoms with van der Waals surface area (Å²) in [6.45, 7) is 2.17. The molecule has 13 heteroatoms. The Hall–Kier alpha value is -3.67. The number of aliphatic carboxylic acids is 1. The molecule has 0 aliphatic carbocycles. The molecule has 0 aromatic heterocycles. The third-order valence-electron chi connectivity index (χ3n) is 7.34. The van der Waals surface area contributed by atoms with Crippen LogP contribution in [0.15, 0.2) is 30.3 Å². The first-order valence-electron chi connectivity index (χ1n) is 12.2. The Kier molecular flexibility index (Phi) is 7.61. The van der Waals surface area contributed by atoms with Crippen molar-refractivity contribution in [3.8, 4) is 5.75 Å². The summed E-state index contributed by atoms with van der Waals surface area (Å²) in [5.41, 5.74) is 3.36. The van der Waals surface area contributed by atoms with E-state index in [1.54, 1.807) is 17.0 Å². The first kappa shape index (κ1) is 28.3. The second-order valence-corrected chi connectivity index (χ2v) is 10.7. The number of nitrogens with one attached hydrogen (secondary N) is 1. The molecule has 1 saturated heterocycles. The van der Waals surface area contributed by atoms with Gasteiger partial charge in [-0.1, -0.05) is 11.6 Å². The van der Waals surface area contributed by atoms with Crippen LogP contribution in [0.3, 0.4) is 0 Å². The average molecular weight is 569 g/mol. The molecular weight excluding hydrogens is 541 g/mol. The molecule has 2 aromatic carbocycles. The Morgan fingerprint density at radius 2 is 1.85 bits per heavy atom. The van der Waals surface area contributed by atoms with E-state index in [9.17, 15) is 37.8 Å². The van der Waals surface area contributed by atoms with Gasteiger partial charge in [-0.2, -0.15) is 13.2 Å². The molecule has 0 radical (unpaired) electrons. The number of nitrogen functional groups attached to an aromatic ring is 1. The van der Waals surface area contributed by atoms with E-state index in [2.05, 4.69) is 5.32 Å². The lowest BCUT2D eigenvalue weighted by Gasteiger charge is -2.41. The molecule has 1 atom stereocenters. The Balaban J connectivity index is 1.42. The second-order valence-electron chi connectivity index (χ2n) is 10.3. The van der Waals surface area contributed by atoms with E-state index in [4.69, 9.17) is 17.3 Å². The highest BCUT2D eigenvalue weighted by Gasteiger charge is 2.40. The van der Waals surface area contributed by atoms with E-state index in [-0.39, 0.29) is 47.9 Å². The molecule has 210 valence electrons. The van der Waals surface area contributed by atoms with Crippen LogP contribution < -0.4 is 11.1 Å². The van der Waals surface area contributed by atoms with Crippen molar-refractivity contribution in [1.82, 2.24) is 9.80 Å². The number of carbonyl (C=O) groups is 3.